The predicted octanol–water partition coefficient (Wildman–Crippen LogP) is 3.64. The van der Waals surface area contributed by atoms with Crippen LogP contribution < -0.4 is 0 Å². The summed E-state index contributed by atoms with van der Waals surface area (Å²) in [5.41, 5.74) is 0. The third-order valence-corrected chi connectivity index (χ3v) is 2.53. The van der Waals surface area contributed by atoms with Crippen LogP contribution in [-0.2, 0) is 0 Å². The van der Waals surface area contributed by atoms with Crippen LogP contribution in [0.15, 0.2) is 20.9 Å². The molecule has 0 aromatic carbocycles. The molecule has 0 N–H and O–H groups in total. The molecule has 0 bridgehead atoms. The lowest BCUT2D eigenvalue weighted by Gasteiger charge is -2.05. The molecule has 0 spiro atoms. The van der Waals surface area contributed by atoms with Crippen molar-refractivity contribution in [3.05, 3.63) is 20.9 Å². The number of halogens is 3. The number of rotatable bonds is 0. The molecule has 0 unspecified atom stereocenters. The summed E-state index contributed by atoms with van der Waals surface area (Å²) < 4.78 is 14.2. The van der Waals surface area contributed by atoms with E-state index in [1.165, 1.54) is 6.08 Å². The van der Waals surface area contributed by atoms with Crippen LogP contribution in [0, 0.1) is 0 Å². The molecule has 0 aromatic rings. The Morgan fingerprint density at radius 3 is 2.44 bits per heavy atom. The van der Waals surface area contributed by atoms with Crippen LogP contribution in [0.3, 0.4) is 0 Å². The van der Waals surface area contributed by atoms with Gasteiger partial charge in [0.1, 0.15) is 5.83 Å². The van der Waals surface area contributed by atoms with Crippen molar-refractivity contribution in [1.82, 2.24) is 0 Å². The molecule has 0 aliphatic heterocycles. The van der Waals surface area contributed by atoms with E-state index in [1.807, 2.05) is 0 Å². The van der Waals surface area contributed by atoms with E-state index in [2.05, 4.69) is 31.9 Å². The van der Waals surface area contributed by atoms with Crippen LogP contribution in [0.2, 0.25) is 0 Å². The molecule has 0 nitrogen and oxygen atoms in total. The van der Waals surface area contributed by atoms with Crippen molar-refractivity contribution in [2.45, 2.75) is 12.8 Å². The minimum atomic E-state index is -0.159. The third-order valence-electron chi connectivity index (χ3n) is 1.13. The van der Waals surface area contributed by atoms with Gasteiger partial charge in [0.25, 0.3) is 0 Å². The van der Waals surface area contributed by atoms with Crippen molar-refractivity contribution in [2.75, 3.05) is 0 Å². The normalized spacial score (nSPS) is 20.1. The molecule has 0 heterocycles. The molecule has 3 heteroatoms. The van der Waals surface area contributed by atoms with Gasteiger partial charge >= 0.3 is 0 Å². The second-order valence-corrected chi connectivity index (χ2v) is 3.82. The fourth-order valence-corrected chi connectivity index (χ4v) is 1.35. The minimum absolute atomic E-state index is 0.159. The zero-order valence-electron chi connectivity index (χ0n) is 4.63. The highest BCUT2D eigenvalue weighted by Crippen LogP contribution is 2.30. The maximum absolute atomic E-state index is 12.6. The molecule has 0 aromatic heterocycles. The summed E-state index contributed by atoms with van der Waals surface area (Å²) in [6.07, 6.45) is 3.16. The first-order valence-corrected chi connectivity index (χ1v) is 4.19. The van der Waals surface area contributed by atoms with Gasteiger partial charge in [-0.1, -0.05) is 31.9 Å². The van der Waals surface area contributed by atoms with Gasteiger partial charge in [-0.15, -0.1) is 0 Å². The van der Waals surface area contributed by atoms with Crippen molar-refractivity contribution >= 4 is 31.9 Å². The summed E-state index contributed by atoms with van der Waals surface area (Å²) in [5, 5.41) is 0. The average molecular weight is 256 g/mol. The van der Waals surface area contributed by atoms with E-state index < -0.39 is 0 Å². The van der Waals surface area contributed by atoms with Crippen molar-refractivity contribution < 1.29 is 4.39 Å². The molecule has 0 atom stereocenters. The highest BCUT2D eigenvalue weighted by atomic mass is 79.9. The molecule has 0 saturated carbocycles. The van der Waals surface area contributed by atoms with Crippen LogP contribution in [0.4, 0.5) is 4.39 Å². The molecule has 0 saturated heterocycles. The molecule has 1 aliphatic carbocycles. The van der Waals surface area contributed by atoms with Crippen molar-refractivity contribution in [3.8, 4) is 0 Å². The summed E-state index contributed by atoms with van der Waals surface area (Å²) in [6.45, 7) is 0. The molecule has 1 rings (SSSR count). The molecule has 0 radical (unpaired) electrons. The van der Waals surface area contributed by atoms with E-state index in [9.17, 15) is 4.39 Å². The van der Waals surface area contributed by atoms with Crippen molar-refractivity contribution in [3.63, 3.8) is 0 Å². The fourth-order valence-electron chi connectivity index (χ4n) is 0.637. The summed E-state index contributed by atoms with van der Waals surface area (Å²) >= 11 is 6.34. The highest BCUT2D eigenvalue weighted by molar-refractivity contribution is 9.12. The third kappa shape index (κ3) is 1.90. The SMILES string of the molecule is FC1=C(Br)CCC(Br)=C1. The Hall–Kier alpha value is 0.370. The molecule has 0 amide bonds. The Labute approximate surface area is 70.1 Å². The van der Waals surface area contributed by atoms with Gasteiger partial charge < -0.3 is 0 Å². The Morgan fingerprint density at radius 1 is 1.33 bits per heavy atom. The lowest BCUT2D eigenvalue weighted by Crippen LogP contribution is -1.86. The standard InChI is InChI=1S/C6H5Br2F/c7-4-1-2-5(8)6(9)3-4/h3H,1-2H2. The minimum Gasteiger partial charge on any atom is -0.206 e. The summed E-state index contributed by atoms with van der Waals surface area (Å²) in [6, 6.07) is 0. The molecular weight excluding hydrogens is 251 g/mol. The average Bonchev–Trinajstić information content (AvgIpc) is 1.80. The summed E-state index contributed by atoms with van der Waals surface area (Å²) in [4.78, 5) is 0. The number of hydrogen-bond acceptors (Lipinski definition) is 0. The van der Waals surface area contributed by atoms with Gasteiger partial charge in [0.2, 0.25) is 0 Å². The molecule has 50 valence electrons. The van der Waals surface area contributed by atoms with E-state index in [0.29, 0.717) is 4.48 Å². The van der Waals surface area contributed by atoms with Crippen LogP contribution in [0.5, 0.6) is 0 Å². The van der Waals surface area contributed by atoms with E-state index in [0.717, 1.165) is 17.3 Å². The molecular formula is C6H5Br2F. The Balaban J connectivity index is 2.83. The Kier molecular flexibility index (Phi) is 2.47. The van der Waals surface area contributed by atoms with E-state index in [1.54, 1.807) is 0 Å². The smallest absolute Gasteiger partial charge is 0.134 e. The topological polar surface area (TPSA) is 0 Å². The van der Waals surface area contributed by atoms with Crippen LogP contribution in [-0.4, -0.2) is 0 Å². The van der Waals surface area contributed by atoms with Crippen LogP contribution in [0.1, 0.15) is 12.8 Å². The largest absolute Gasteiger partial charge is 0.206 e. The second-order valence-electron chi connectivity index (χ2n) is 1.84. The van der Waals surface area contributed by atoms with Gasteiger partial charge in [0.15, 0.2) is 0 Å². The van der Waals surface area contributed by atoms with E-state index in [4.69, 9.17) is 0 Å². The van der Waals surface area contributed by atoms with Crippen LogP contribution >= 0.6 is 31.9 Å². The van der Waals surface area contributed by atoms with Gasteiger partial charge in [-0.05, 0) is 23.4 Å². The Bertz CT molecular complexity index is 181. The first-order chi connectivity index (χ1) is 4.20. The van der Waals surface area contributed by atoms with Gasteiger partial charge in [0, 0.05) is 4.48 Å². The monoisotopic (exact) mass is 254 g/mol. The van der Waals surface area contributed by atoms with Gasteiger partial charge in [-0.3, -0.25) is 0 Å². The van der Waals surface area contributed by atoms with Gasteiger partial charge in [0.05, 0.1) is 0 Å². The van der Waals surface area contributed by atoms with Crippen molar-refractivity contribution in [2.24, 2.45) is 0 Å². The lowest BCUT2D eigenvalue weighted by molar-refractivity contribution is 0.649. The predicted molar refractivity (Wildman–Crippen MR) is 43.3 cm³/mol. The number of hydrogen-bond donors (Lipinski definition) is 0. The molecule has 9 heavy (non-hydrogen) atoms. The molecule has 0 fully saturated rings. The first kappa shape index (κ1) is 7.48. The Morgan fingerprint density at radius 2 is 2.00 bits per heavy atom. The van der Waals surface area contributed by atoms with Crippen LogP contribution in [0.25, 0.3) is 0 Å². The van der Waals surface area contributed by atoms with Gasteiger partial charge in [-0.2, -0.15) is 0 Å². The second kappa shape index (κ2) is 2.97. The fraction of sp³-hybridized carbons (Fsp3) is 0.333. The van der Waals surface area contributed by atoms with E-state index in [-0.39, 0.29) is 5.83 Å². The first-order valence-electron chi connectivity index (χ1n) is 2.60. The summed E-state index contributed by atoms with van der Waals surface area (Å²) in [5.74, 6) is -0.159. The van der Waals surface area contributed by atoms with E-state index >= 15 is 0 Å². The van der Waals surface area contributed by atoms with Crippen molar-refractivity contribution in [1.29, 1.82) is 0 Å². The zero-order valence-corrected chi connectivity index (χ0v) is 7.80. The maximum atomic E-state index is 12.6. The summed E-state index contributed by atoms with van der Waals surface area (Å²) in [7, 11) is 0. The van der Waals surface area contributed by atoms with Gasteiger partial charge in [-0.25, -0.2) is 4.39 Å². The zero-order chi connectivity index (χ0) is 6.85. The maximum Gasteiger partial charge on any atom is 0.134 e. The quantitative estimate of drug-likeness (QED) is 0.620. The highest BCUT2D eigenvalue weighted by Gasteiger charge is 2.08. The number of allylic oxidation sites excluding steroid dienone is 4. The molecule has 1 aliphatic rings. The lowest BCUT2D eigenvalue weighted by atomic mass is 10.2.